The van der Waals surface area contributed by atoms with E-state index in [9.17, 15) is 9.18 Å². The van der Waals surface area contributed by atoms with Crippen LogP contribution in [0.1, 0.15) is 17.3 Å². The number of nitrogens with one attached hydrogen (secondary N) is 2. The third-order valence-electron chi connectivity index (χ3n) is 4.20. The first-order valence-electron chi connectivity index (χ1n) is 8.03. The van der Waals surface area contributed by atoms with Crippen LogP contribution in [0, 0.1) is 12.7 Å². The number of nitrogens with zero attached hydrogens (tertiary/aromatic N) is 3. The Kier molecular flexibility index (Phi) is 8.49. The van der Waals surface area contributed by atoms with Gasteiger partial charge in [0.15, 0.2) is 0 Å². The monoisotopic (exact) mass is 403 g/mol. The highest BCUT2D eigenvalue weighted by Crippen LogP contribution is 2.22. The number of rotatable bonds is 4. The van der Waals surface area contributed by atoms with Crippen molar-refractivity contribution in [2.24, 2.45) is 7.05 Å². The third-order valence-corrected chi connectivity index (χ3v) is 4.20. The first-order chi connectivity index (χ1) is 11.5. The van der Waals surface area contributed by atoms with E-state index in [-0.39, 0.29) is 49.1 Å². The minimum atomic E-state index is -0.257. The lowest BCUT2D eigenvalue weighted by molar-refractivity contribution is -0.118. The number of aromatic nitrogens is 2. The number of anilines is 1. The third kappa shape index (κ3) is 5.41. The van der Waals surface area contributed by atoms with Gasteiger partial charge in [-0.15, -0.1) is 24.8 Å². The number of halogens is 3. The fraction of sp³-hybridized carbons (Fsp3) is 0.412. The summed E-state index contributed by atoms with van der Waals surface area (Å²) in [5, 5.41) is 10.4. The predicted molar refractivity (Wildman–Crippen MR) is 105 cm³/mol. The molecule has 144 valence electrons. The molecule has 26 heavy (non-hydrogen) atoms. The summed E-state index contributed by atoms with van der Waals surface area (Å²) in [6.45, 7) is 4.38. The predicted octanol–water partition coefficient (Wildman–Crippen LogP) is 2.30. The molecule has 3 rings (SSSR count). The molecule has 0 saturated carbocycles. The summed E-state index contributed by atoms with van der Waals surface area (Å²) in [7, 11) is 1.79. The van der Waals surface area contributed by atoms with Crippen LogP contribution in [0.3, 0.4) is 0 Å². The fourth-order valence-electron chi connectivity index (χ4n) is 3.07. The van der Waals surface area contributed by atoms with Crippen LogP contribution in [0.2, 0.25) is 0 Å². The molecular weight excluding hydrogens is 380 g/mol. The van der Waals surface area contributed by atoms with E-state index in [1.807, 2.05) is 19.1 Å². The highest BCUT2D eigenvalue weighted by Gasteiger charge is 2.26. The molecule has 9 heteroatoms. The number of carbonyl (C=O) groups excluding carboxylic acids is 1. The van der Waals surface area contributed by atoms with E-state index >= 15 is 0 Å². The summed E-state index contributed by atoms with van der Waals surface area (Å²) in [5.41, 5.74) is 1.74. The lowest BCUT2D eigenvalue weighted by Crippen LogP contribution is -2.48. The summed E-state index contributed by atoms with van der Waals surface area (Å²) in [6.07, 6.45) is 0. The lowest BCUT2D eigenvalue weighted by Gasteiger charge is -2.36. The van der Waals surface area contributed by atoms with Crippen LogP contribution >= 0.6 is 24.8 Å². The zero-order chi connectivity index (χ0) is 17.1. The summed E-state index contributed by atoms with van der Waals surface area (Å²) in [6, 6.07) is 8.38. The van der Waals surface area contributed by atoms with Crippen LogP contribution < -0.4 is 10.6 Å². The number of piperazine rings is 1. The van der Waals surface area contributed by atoms with Crippen LogP contribution in [0.15, 0.2) is 30.3 Å². The Hall–Kier alpha value is -1.67. The van der Waals surface area contributed by atoms with E-state index in [2.05, 4.69) is 20.6 Å². The minimum Gasteiger partial charge on any atom is -0.314 e. The summed E-state index contributed by atoms with van der Waals surface area (Å²) in [4.78, 5) is 14.5. The van der Waals surface area contributed by atoms with Crippen molar-refractivity contribution in [3.63, 3.8) is 0 Å². The van der Waals surface area contributed by atoms with E-state index in [1.54, 1.807) is 17.8 Å². The van der Waals surface area contributed by atoms with Gasteiger partial charge in [-0.3, -0.25) is 14.4 Å². The van der Waals surface area contributed by atoms with E-state index < -0.39 is 0 Å². The molecule has 2 N–H and O–H groups in total. The number of amides is 1. The Balaban J connectivity index is 0.00000169. The van der Waals surface area contributed by atoms with Crippen molar-refractivity contribution in [1.29, 1.82) is 0 Å². The first-order valence-corrected chi connectivity index (χ1v) is 8.03. The Labute approximate surface area is 165 Å². The topological polar surface area (TPSA) is 62.2 Å². The van der Waals surface area contributed by atoms with E-state index in [0.717, 1.165) is 24.3 Å². The maximum Gasteiger partial charge on any atom is 0.239 e. The Morgan fingerprint density at radius 2 is 2.15 bits per heavy atom. The van der Waals surface area contributed by atoms with E-state index in [4.69, 9.17) is 0 Å². The number of carbonyl (C=O) groups is 1. The lowest BCUT2D eigenvalue weighted by atomic mass is 10.0. The minimum absolute atomic E-state index is 0. The van der Waals surface area contributed by atoms with Crippen molar-refractivity contribution in [2.45, 2.75) is 13.0 Å². The van der Waals surface area contributed by atoms with Gasteiger partial charge in [0.1, 0.15) is 11.6 Å². The summed E-state index contributed by atoms with van der Waals surface area (Å²) in [5.74, 6) is 0.323. The molecule has 1 atom stereocenters. The molecule has 0 spiro atoms. The standard InChI is InChI=1S/C17H22FN5O.2ClH/c1-12-8-16(22(2)21-12)20-17(24)11-23-7-6-19-10-15(23)13-4-3-5-14(18)9-13;;/h3-5,8-9,15,19H,6-7,10-11H2,1-2H3,(H,20,24);2*1H. The van der Waals surface area contributed by atoms with Gasteiger partial charge in [0.2, 0.25) is 5.91 Å². The molecule has 1 unspecified atom stereocenters. The molecule has 1 aromatic heterocycles. The fourth-order valence-corrected chi connectivity index (χ4v) is 3.07. The number of aryl methyl sites for hydroxylation is 2. The van der Waals surface area contributed by atoms with Gasteiger partial charge in [0, 0.05) is 38.8 Å². The summed E-state index contributed by atoms with van der Waals surface area (Å²) < 4.78 is 15.2. The van der Waals surface area contributed by atoms with E-state index in [0.29, 0.717) is 12.4 Å². The molecule has 0 bridgehead atoms. The van der Waals surface area contributed by atoms with Crippen LogP contribution in [-0.4, -0.2) is 46.8 Å². The van der Waals surface area contributed by atoms with Crippen molar-refractivity contribution >= 4 is 36.5 Å². The second-order valence-corrected chi connectivity index (χ2v) is 6.09. The SMILES string of the molecule is Cc1cc(NC(=O)CN2CCNCC2c2cccc(F)c2)n(C)n1.Cl.Cl. The van der Waals surface area contributed by atoms with E-state index in [1.165, 1.54) is 12.1 Å². The Morgan fingerprint density at radius 1 is 1.38 bits per heavy atom. The number of hydrogen-bond donors (Lipinski definition) is 2. The van der Waals surface area contributed by atoms with Crippen molar-refractivity contribution in [3.8, 4) is 0 Å². The smallest absolute Gasteiger partial charge is 0.239 e. The maximum atomic E-state index is 13.5. The van der Waals surface area contributed by atoms with Crippen molar-refractivity contribution < 1.29 is 9.18 Å². The van der Waals surface area contributed by atoms with Gasteiger partial charge < -0.3 is 10.6 Å². The quantitative estimate of drug-likeness (QED) is 0.821. The van der Waals surface area contributed by atoms with Crippen molar-refractivity contribution in [1.82, 2.24) is 20.0 Å². The molecule has 0 aliphatic carbocycles. The molecule has 1 amide bonds. The van der Waals surface area contributed by atoms with Gasteiger partial charge in [0.05, 0.1) is 12.2 Å². The molecule has 2 aromatic rings. The molecule has 1 saturated heterocycles. The molecule has 2 heterocycles. The van der Waals surface area contributed by atoms with Crippen LogP contribution in [0.25, 0.3) is 0 Å². The summed E-state index contributed by atoms with van der Waals surface area (Å²) >= 11 is 0. The van der Waals surface area contributed by atoms with Gasteiger partial charge in [-0.05, 0) is 24.6 Å². The molecule has 6 nitrogen and oxygen atoms in total. The zero-order valence-electron chi connectivity index (χ0n) is 14.7. The molecule has 0 radical (unpaired) electrons. The van der Waals surface area contributed by atoms with Crippen LogP contribution in [0.5, 0.6) is 0 Å². The maximum absolute atomic E-state index is 13.5. The van der Waals surface area contributed by atoms with Crippen molar-refractivity contribution in [2.75, 3.05) is 31.5 Å². The highest BCUT2D eigenvalue weighted by molar-refractivity contribution is 5.91. The molecule has 1 fully saturated rings. The largest absolute Gasteiger partial charge is 0.314 e. The van der Waals surface area contributed by atoms with Gasteiger partial charge in [-0.1, -0.05) is 12.1 Å². The molecular formula is C17H24Cl2FN5O. The normalized spacial score (nSPS) is 17.1. The zero-order valence-corrected chi connectivity index (χ0v) is 16.4. The number of hydrogen-bond acceptors (Lipinski definition) is 4. The van der Waals surface area contributed by atoms with Crippen LogP contribution in [-0.2, 0) is 11.8 Å². The molecule has 1 aliphatic rings. The Morgan fingerprint density at radius 3 is 2.81 bits per heavy atom. The first kappa shape index (κ1) is 22.4. The Bertz CT molecular complexity index is 740. The second-order valence-electron chi connectivity index (χ2n) is 6.09. The van der Waals surface area contributed by atoms with Gasteiger partial charge >= 0.3 is 0 Å². The van der Waals surface area contributed by atoms with Gasteiger partial charge in [-0.2, -0.15) is 5.10 Å². The van der Waals surface area contributed by atoms with Crippen molar-refractivity contribution in [3.05, 3.63) is 47.4 Å². The van der Waals surface area contributed by atoms with Gasteiger partial charge in [0.25, 0.3) is 0 Å². The second kappa shape index (κ2) is 9.87. The molecule has 1 aromatic carbocycles. The van der Waals surface area contributed by atoms with Gasteiger partial charge in [-0.25, -0.2) is 4.39 Å². The molecule has 1 aliphatic heterocycles. The number of benzene rings is 1. The highest BCUT2D eigenvalue weighted by atomic mass is 35.5. The average Bonchev–Trinajstić information content (AvgIpc) is 2.85. The average molecular weight is 404 g/mol. The van der Waals surface area contributed by atoms with Crippen LogP contribution in [0.4, 0.5) is 10.2 Å².